The molecule has 15 nitrogen and oxygen atoms in total. The second-order valence-electron chi connectivity index (χ2n) is 31.3. The number of amides is 4. The fraction of sp³-hybridized carbons (Fsp3) is 0.462. The van der Waals surface area contributed by atoms with E-state index < -0.39 is 41.5 Å². The molecule has 11 rings (SSSR count). The van der Waals surface area contributed by atoms with E-state index >= 15 is 4.79 Å². The Labute approximate surface area is 629 Å². The van der Waals surface area contributed by atoms with Crippen molar-refractivity contribution >= 4 is 35.5 Å². The molecule has 7 aromatic rings. The molecule has 0 spiro atoms. The van der Waals surface area contributed by atoms with Crippen LogP contribution < -0.4 is 40.8 Å². The van der Waals surface area contributed by atoms with Crippen LogP contribution in [0.15, 0.2) is 200 Å². The summed E-state index contributed by atoms with van der Waals surface area (Å²) >= 11 is 0. The van der Waals surface area contributed by atoms with Crippen LogP contribution in [-0.4, -0.2) is 74.8 Å². The molecule has 3 saturated carbocycles. The molecule has 0 saturated heterocycles. The summed E-state index contributed by atoms with van der Waals surface area (Å²) in [5.74, 6) is 4.76. The molecule has 15 heteroatoms. The van der Waals surface area contributed by atoms with Crippen LogP contribution in [0.2, 0.25) is 0 Å². The van der Waals surface area contributed by atoms with Crippen molar-refractivity contribution in [3.63, 3.8) is 0 Å². The average Bonchev–Trinajstić information content (AvgIpc) is 1.40. The summed E-state index contributed by atoms with van der Waals surface area (Å²) in [6.07, 6.45) is 17.8. The van der Waals surface area contributed by atoms with Crippen LogP contribution in [0.3, 0.4) is 0 Å². The Morgan fingerprint density at radius 1 is 0.566 bits per heavy atom. The van der Waals surface area contributed by atoms with Gasteiger partial charge in [0.25, 0.3) is 0 Å². The molecular weight excluding hydrogens is 1320 g/mol. The summed E-state index contributed by atoms with van der Waals surface area (Å²) in [7, 11) is 1.65. The first kappa shape index (κ1) is 78.0. The third-order valence-electron chi connectivity index (χ3n) is 23.8. The smallest absolute Gasteiger partial charge is 0.497 e. The van der Waals surface area contributed by atoms with E-state index in [4.69, 9.17) is 23.7 Å². The van der Waals surface area contributed by atoms with Crippen LogP contribution in [0.4, 0.5) is 10.5 Å². The highest BCUT2D eigenvalue weighted by Crippen LogP contribution is 2.67. The van der Waals surface area contributed by atoms with Crippen LogP contribution in [0.25, 0.3) is 0 Å². The quantitative estimate of drug-likeness (QED) is 0.00825. The van der Waals surface area contributed by atoms with E-state index in [1.165, 1.54) is 57.8 Å². The van der Waals surface area contributed by atoms with E-state index in [0.717, 1.165) is 87.5 Å². The fourth-order valence-corrected chi connectivity index (χ4v) is 17.9. The summed E-state index contributed by atoms with van der Waals surface area (Å²) in [6.45, 7) is 16.2. The molecule has 0 heterocycles. The maximum absolute atomic E-state index is 15.0. The van der Waals surface area contributed by atoms with Crippen molar-refractivity contribution in [2.24, 2.45) is 46.3 Å². The van der Waals surface area contributed by atoms with Gasteiger partial charge in [-0.1, -0.05) is 211 Å². The summed E-state index contributed by atoms with van der Waals surface area (Å²) in [4.78, 5) is 70.0. The van der Waals surface area contributed by atoms with Crippen molar-refractivity contribution in [1.29, 1.82) is 0 Å². The minimum Gasteiger partial charge on any atom is -0.497 e. The molecule has 10 atom stereocenters. The normalized spacial score (nSPS) is 21.1. The number of methoxy groups -OCH3 is 1. The van der Waals surface area contributed by atoms with E-state index in [1.807, 2.05) is 122 Å². The van der Waals surface area contributed by atoms with Crippen LogP contribution in [0.5, 0.6) is 17.2 Å². The van der Waals surface area contributed by atoms with Crippen LogP contribution in [-0.2, 0) is 53.8 Å². The van der Waals surface area contributed by atoms with Crippen molar-refractivity contribution in [3.05, 3.63) is 239 Å². The summed E-state index contributed by atoms with van der Waals surface area (Å²) in [5, 5.41) is 16.0. The second-order valence-corrected chi connectivity index (χ2v) is 31.3. The number of anilines is 1. The lowest BCUT2D eigenvalue weighted by Gasteiger charge is -2.58. The third kappa shape index (κ3) is 20.3. The molecule has 106 heavy (non-hydrogen) atoms. The lowest BCUT2D eigenvalue weighted by atomic mass is 9.47. The number of allylic oxidation sites excluding steroid dienone is 1. The zero-order valence-corrected chi connectivity index (χ0v) is 63.5. The van der Waals surface area contributed by atoms with Gasteiger partial charge in [-0.25, -0.2) is 4.79 Å². The SMILES string of the molecule is COc1ccc(C(NCCCC[C@H](NC(=O)[C@H](Cc2ccc(OCc3ccccc3)cc2)NC(=O)CCC(=O)NCCCO[C@H]2CC[C@@]3(C)C(=CC[C@H]4[C@@H]5CC[C@H]([C@H](C)CCCC(C)C)[C@@]5(C)CC[C@@H]43)C2)C(=O)Nc2ccc(COC(=O)Oc3ccc(C)cc3)cc2)(c2ccccc2)c2ccccc2)cc1. The topological polar surface area (TPSA) is 192 Å². The van der Waals surface area contributed by atoms with Crippen LogP contribution in [0, 0.1) is 53.3 Å². The Kier molecular flexibility index (Phi) is 27.6. The van der Waals surface area contributed by atoms with Gasteiger partial charge >= 0.3 is 6.16 Å². The third-order valence-corrected chi connectivity index (χ3v) is 23.8. The number of carbonyl (C=O) groups excluding carboxylic acids is 5. The largest absolute Gasteiger partial charge is 0.514 e. The molecular formula is C91H113N5O10. The molecule has 7 aromatic carbocycles. The zero-order valence-electron chi connectivity index (χ0n) is 63.5. The Morgan fingerprint density at radius 2 is 1.21 bits per heavy atom. The lowest BCUT2D eigenvalue weighted by molar-refractivity contribution is -0.131. The first-order valence-electron chi connectivity index (χ1n) is 39.1. The van der Waals surface area contributed by atoms with E-state index in [0.29, 0.717) is 73.7 Å². The number of benzene rings is 7. The molecule has 0 bridgehead atoms. The van der Waals surface area contributed by atoms with Crippen molar-refractivity contribution in [2.75, 3.05) is 32.1 Å². The van der Waals surface area contributed by atoms with Gasteiger partial charge in [-0.3, -0.25) is 24.5 Å². The molecule has 0 aliphatic heterocycles. The van der Waals surface area contributed by atoms with Crippen molar-refractivity contribution < 1.29 is 47.7 Å². The highest BCUT2D eigenvalue weighted by Gasteiger charge is 2.59. The van der Waals surface area contributed by atoms with E-state index in [-0.39, 0.29) is 49.7 Å². The molecule has 0 radical (unpaired) electrons. The van der Waals surface area contributed by atoms with Gasteiger partial charge in [-0.05, 0) is 219 Å². The van der Waals surface area contributed by atoms with Gasteiger partial charge in [0.15, 0.2) is 0 Å². The Bertz CT molecular complexity index is 3940. The fourth-order valence-electron chi connectivity index (χ4n) is 17.9. The van der Waals surface area contributed by atoms with Gasteiger partial charge in [0.05, 0.1) is 18.8 Å². The number of unbranched alkanes of at least 4 members (excludes halogenated alkanes) is 1. The highest BCUT2D eigenvalue weighted by molar-refractivity contribution is 5.98. The number of ether oxygens (including phenoxy) is 5. The molecule has 4 aliphatic carbocycles. The van der Waals surface area contributed by atoms with Gasteiger partial charge in [-0.15, -0.1) is 0 Å². The summed E-state index contributed by atoms with van der Waals surface area (Å²) in [5.41, 5.74) is 8.53. The number of aryl methyl sites for hydroxylation is 1. The molecule has 5 N–H and O–H groups in total. The van der Waals surface area contributed by atoms with Crippen molar-refractivity contribution in [3.8, 4) is 17.2 Å². The van der Waals surface area contributed by atoms with Gasteiger partial charge in [0.2, 0.25) is 23.6 Å². The molecule has 0 aromatic heterocycles. The molecule has 3 fully saturated rings. The number of carbonyl (C=O) groups is 5. The molecule has 4 aliphatic rings. The van der Waals surface area contributed by atoms with Gasteiger partial charge in [0, 0.05) is 38.1 Å². The van der Waals surface area contributed by atoms with Crippen LogP contribution >= 0.6 is 0 Å². The number of hydrogen-bond acceptors (Lipinski definition) is 11. The molecule has 562 valence electrons. The molecule has 4 amide bonds. The minimum atomic E-state index is -1.14. The van der Waals surface area contributed by atoms with Crippen molar-refractivity contribution in [1.82, 2.24) is 21.3 Å². The molecule has 0 unspecified atom stereocenters. The predicted molar refractivity (Wildman–Crippen MR) is 419 cm³/mol. The Balaban J connectivity index is 0.720. The average molecular weight is 1440 g/mol. The zero-order chi connectivity index (χ0) is 74.5. The van der Waals surface area contributed by atoms with Crippen LogP contribution in [0.1, 0.15) is 183 Å². The first-order chi connectivity index (χ1) is 51.4. The minimum absolute atomic E-state index is 0.0743. The number of nitrogens with one attached hydrogen (secondary N) is 5. The maximum Gasteiger partial charge on any atom is 0.514 e. The maximum atomic E-state index is 15.0. The summed E-state index contributed by atoms with van der Waals surface area (Å²) < 4.78 is 29.0. The van der Waals surface area contributed by atoms with E-state index in [2.05, 4.69) is 104 Å². The highest BCUT2D eigenvalue weighted by atomic mass is 16.7. The standard InChI is InChI=1S/C91H113N5O10/c1-63(2)21-19-22-65(4)79-48-49-80-78-47-38-72-60-77(52-54-89(72,5)81(78)53-55-90(79,80)6)103-58-20-56-92-84(97)50-51-85(98)95-83(59-66-34-43-75(44-35-66)104-61-67-23-11-8-12-24-67)87(100)96-82(86(99)94-73-39-32-68(33-40-73)62-105-88(101)106-76-41-30-64(3)31-42-76)29-17-18-57-93-91(69-25-13-9-14-26-69,70-27-15-10-16-28-70)71-36-45-74(102-7)46-37-71/h8-16,23-28,30-46,63,65,77-83,93H,17-22,29,47-62H2,1-7H3,(H,92,97)(H,94,99)(H,95,98)(H,96,100)/t65-,77+,78+,79-,80+,81+,82+,83+,89+,90-/m1/s1. The van der Waals surface area contributed by atoms with E-state index in [9.17, 15) is 19.2 Å². The number of hydrogen-bond donors (Lipinski definition) is 5. The number of rotatable bonds is 36. The lowest BCUT2D eigenvalue weighted by Crippen LogP contribution is -2.53. The van der Waals surface area contributed by atoms with E-state index in [1.54, 1.807) is 49.1 Å². The van der Waals surface area contributed by atoms with Crippen molar-refractivity contribution in [2.45, 2.75) is 194 Å². The first-order valence-corrected chi connectivity index (χ1v) is 39.1. The summed E-state index contributed by atoms with van der Waals surface area (Å²) in [6, 6.07) is 57.6. The number of fused-ring (bicyclic) bond motifs is 5. The van der Waals surface area contributed by atoms with Gasteiger partial charge < -0.3 is 45.0 Å². The Morgan fingerprint density at radius 3 is 1.90 bits per heavy atom. The predicted octanol–water partition coefficient (Wildman–Crippen LogP) is 17.9. The van der Waals surface area contributed by atoms with Gasteiger partial charge in [-0.2, -0.15) is 0 Å². The monoisotopic (exact) mass is 1440 g/mol. The van der Waals surface area contributed by atoms with Gasteiger partial charge in [0.1, 0.15) is 42.5 Å². The Hall–Kier alpha value is -9.05. The second kappa shape index (κ2) is 37.5.